The van der Waals surface area contributed by atoms with E-state index in [0.717, 1.165) is 19.4 Å². The van der Waals surface area contributed by atoms with E-state index < -0.39 is 0 Å². The normalized spacial score (nSPS) is 15.9. The number of hydrogen-bond donors (Lipinski definition) is 3. The Morgan fingerprint density at radius 1 is 1.31 bits per heavy atom. The van der Waals surface area contributed by atoms with Gasteiger partial charge in [0.05, 0.1) is 22.7 Å². The quantitative estimate of drug-likeness (QED) is 0.544. The smallest absolute Gasteiger partial charge is 0.317 e. The molecule has 1 aromatic heterocycles. The summed E-state index contributed by atoms with van der Waals surface area (Å²) in [5.74, 6) is 0.679. The van der Waals surface area contributed by atoms with Gasteiger partial charge in [0.2, 0.25) is 0 Å². The lowest BCUT2D eigenvalue weighted by atomic mass is 10.1. The van der Waals surface area contributed by atoms with Crippen LogP contribution in [-0.2, 0) is 11.3 Å². The van der Waals surface area contributed by atoms with Gasteiger partial charge in [0, 0.05) is 38.0 Å². The summed E-state index contributed by atoms with van der Waals surface area (Å²) < 4.78 is 5.68. The van der Waals surface area contributed by atoms with E-state index >= 15 is 0 Å². The number of hydrogen-bond acceptors (Lipinski definition) is 5. The minimum atomic E-state index is -0.222. The second-order valence-electron chi connectivity index (χ2n) is 6.79. The molecule has 2 amide bonds. The summed E-state index contributed by atoms with van der Waals surface area (Å²) in [7, 11) is 0. The summed E-state index contributed by atoms with van der Waals surface area (Å²) in [6.45, 7) is 2.32. The number of para-hydroxylation sites is 1. The molecule has 3 N–H and O–H groups in total. The molecule has 29 heavy (non-hydrogen) atoms. The van der Waals surface area contributed by atoms with E-state index in [9.17, 15) is 9.90 Å². The second kappa shape index (κ2) is 10.5. The average molecular weight is 439 g/mol. The van der Waals surface area contributed by atoms with Crippen LogP contribution in [0.1, 0.15) is 18.4 Å². The second-order valence-corrected chi connectivity index (χ2v) is 7.63. The number of benzene rings is 1. The summed E-state index contributed by atoms with van der Waals surface area (Å²) in [5, 5.41) is 16.9. The molecule has 0 radical (unpaired) electrons. The number of carbonyl (C=O) groups excluding carboxylic acids is 1. The Hall–Kier alpha value is -2.22. The lowest BCUT2D eigenvalue weighted by Gasteiger charge is -2.26. The first kappa shape index (κ1) is 21.5. The Balaban J connectivity index is 1.54. The monoisotopic (exact) mass is 438 g/mol. The minimum Gasteiger partial charge on any atom is -0.508 e. The Bertz CT molecular complexity index is 831. The van der Waals surface area contributed by atoms with Crippen molar-refractivity contribution >= 4 is 35.1 Å². The Kier molecular flexibility index (Phi) is 7.80. The molecule has 7 nitrogen and oxygen atoms in total. The van der Waals surface area contributed by atoms with Gasteiger partial charge in [-0.05, 0) is 25.0 Å². The molecule has 0 saturated carbocycles. The molecule has 1 saturated heterocycles. The molecule has 2 heterocycles. The highest BCUT2D eigenvalue weighted by Gasteiger charge is 2.23. The number of nitrogens with one attached hydrogen (secondary N) is 2. The zero-order valence-corrected chi connectivity index (χ0v) is 17.4. The fraction of sp³-hybridized carbons (Fsp3) is 0.400. The molecule has 2 aromatic rings. The van der Waals surface area contributed by atoms with E-state index in [4.69, 9.17) is 27.9 Å². The van der Waals surface area contributed by atoms with Gasteiger partial charge < -0.3 is 25.4 Å². The van der Waals surface area contributed by atoms with Crippen LogP contribution in [0.4, 0.5) is 10.6 Å². The standard InChI is InChI=1S/C20H24Cl2N4O3/c21-15-10-17(22)19(25-11-15)23-7-8-24-20(28)26(13-16-5-3-9-29-16)12-14-4-1-2-6-18(14)27/h1-2,4,6,10-11,16,27H,3,5,7-9,12-13H2,(H,23,25)(H,24,28). The van der Waals surface area contributed by atoms with Gasteiger partial charge in [-0.2, -0.15) is 0 Å². The number of phenols is 1. The third-order valence-corrected chi connectivity index (χ3v) is 5.08. The van der Waals surface area contributed by atoms with Gasteiger partial charge in [-0.1, -0.05) is 41.4 Å². The van der Waals surface area contributed by atoms with E-state index in [0.29, 0.717) is 47.6 Å². The predicted molar refractivity (Wildman–Crippen MR) is 114 cm³/mol. The third-order valence-electron chi connectivity index (χ3n) is 4.59. The number of urea groups is 1. The van der Waals surface area contributed by atoms with Crippen LogP contribution in [0.15, 0.2) is 36.5 Å². The number of aromatic hydroxyl groups is 1. The third kappa shape index (κ3) is 6.39. The van der Waals surface area contributed by atoms with Crippen molar-refractivity contribution < 1.29 is 14.6 Å². The molecule has 9 heteroatoms. The van der Waals surface area contributed by atoms with E-state index in [1.165, 1.54) is 6.20 Å². The molecule has 1 fully saturated rings. The zero-order chi connectivity index (χ0) is 20.6. The number of pyridine rings is 1. The molecule has 1 aliphatic rings. The molecular weight excluding hydrogens is 415 g/mol. The highest BCUT2D eigenvalue weighted by molar-refractivity contribution is 6.35. The number of carbonyl (C=O) groups is 1. The first-order chi connectivity index (χ1) is 14.0. The van der Waals surface area contributed by atoms with Crippen molar-refractivity contribution in [3.05, 3.63) is 52.1 Å². The zero-order valence-electron chi connectivity index (χ0n) is 15.9. The van der Waals surface area contributed by atoms with Crippen molar-refractivity contribution in [2.24, 2.45) is 0 Å². The van der Waals surface area contributed by atoms with Crippen LogP contribution >= 0.6 is 23.2 Å². The maximum Gasteiger partial charge on any atom is 0.317 e. The highest BCUT2D eigenvalue weighted by Crippen LogP contribution is 2.22. The molecule has 0 aliphatic carbocycles. The Morgan fingerprint density at radius 3 is 2.86 bits per heavy atom. The van der Waals surface area contributed by atoms with Gasteiger partial charge in [-0.3, -0.25) is 0 Å². The number of anilines is 1. The molecule has 1 aliphatic heterocycles. The van der Waals surface area contributed by atoms with Crippen molar-refractivity contribution in [1.29, 1.82) is 0 Å². The van der Waals surface area contributed by atoms with Crippen molar-refractivity contribution in [2.45, 2.75) is 25.5 Å². The molecule has 3 rings (SSSR count). The van der Waals surface area contributed by atoms with E-state index in [-0.39, 0.29) is 17.9 Å². The maximum atomic E-state index is 12.8. The average Bonchev–Trinajstić information content (AvgIpc) is 3.20. The summed E-state index contributed by atoms with van der Waals surface area (Å²) in [6, 6.07) is 8.40. The SMILES string of the molecule is O=C(NCCNc1ncc(Cl)cc1Cl)N(Cc1ccccc1O)CC1CCCO1. The van der Waals surface area contributed by atoms with Crippen molar-refractivity contribution in [3.8, 4) is 5.75 Å². The summed E-state index contributed by atoms with van der Waals surface area (Å²) in [4.78, 5) is 18.5. The van der Waals surface area contributed by atoms with Crippen LogP contribution in [0.25, 0.3) is 0 Å². The lowest BCUT2D eigenvalue weighted by Crippen LogP contribution is -2.44. The number of nitrogens with zero attached hydrogens (tertiary/aromatic N) is 2. The largest absolute Gasteiger partial charge is 0.508 e. The number of aromatic nitrogens is 1. The van der Waals surface area contributed by atoms with Gasteiger partial charge in [-0.25, -0.2) is 9.78 Å². The van der Waals surface area contributed by atoms with Crippen LogP contribution < -0.4 is 10.6 Å². The van der Waals surface area contributed by atoms with Gasteiger partial charge in [0.25, 0.3) is 0 Å². The number of phenolic OH excluding ortho intramolecular Hbond substituents is 1. The number of amides is 2. The number of rotatable bonds is 8. The number of halogens is 2. The van der Waals surface area contributed by atoms with Crippen LogP contribution in [0.2, 0.25) is 10.0 Å². The Labute approximate surface area is 180 Å². The molecular formula is C20H24Cl2N4O3. The molecule has 0 bridgehead atoms. The maximum absolute atomic E-state index is 12.8. The first-order valence-electron chi connectivity index (χ1n) is 9.49. The van der Waals surface area contributed by atoms with Crippen LogP contribution in [-0.4, -0.2) is 53.4 Å². The van der Waals surface area contributed by atoms with Gasteiger partial charge in [-0.15, -0.1) is 0 Å². The van der Waals surface area contributed by atoms with Crippen molar-refractivity contribution in [3.63, 3.8) is 0 Å². The predicted octanol–water partition coefficient (Wildman–Crippen LogP) is 3.90. The Morgan fingerprint density at radius 2 is 2.14 bits per heavy atom. The van der Waals surface area contributed by atoms with E-state index in [1.807, 2.05) is 6.07 Å². The lowest BCUT2D eigenvalue weighted by molar-refractivity contribution is 0.0794. The summed E-state index contributed by atoms with van der Waals surface area (Å²) in [6.07, 6.45) is 3.44. The van der Waals surface area contributed by atoms with Gasteiger partial charge >= 0.3 is 6.03 Å². The van der Waals surface area contributed by atoms with E-state index in [1.54, 1.807) is 29.2 Å². The van der Waals surface area contributed by atoms with Crippen molar-refractivity contribution in [1.82, 2.24) is 15.2 Å². The van der Waals surface area contributed by atoms with Gasteiger partial charge in [0.1, 0.15) is 11.6 Å². The minimum absolute atomic E-state index is 0.0156. The molecule has 0 spiro atoms. The summed E-state index contributed by atoms with van der Waals surface area (Å²) in [5.41, 5.74) is 0.691. The topological polar surface area (TPSA) is 86.7 Å². The fourth-order valence-corrected chi connectivity index (χ4v) is 3.56. The highest BCUT2D eigenvalue weighted by atomic mass is 35.5. The molecule has 1 atom stereocenters. The van der Waals surface area contributed by atoms with E-state index in [2.05, 4.69) is 15.6 Å². The number of ether oxygens (including phenoxy) is 1. The van der Waals surface area contributed by atoms with Crippen LogP contribution in [0.5, 0.6) is 5.75 Å². The molecule has 1 aromatic carbocycles. The molecule has 156 valence electrons. The fourth-order valence-electron chi connectivity index (χ4n) is 3.11. The molecule has 1 unspecified atom stereocenters. The van der Waals surface area contributed by atoms with Gasteiger partial charge in [0.15, 0.2) is 0 Å². The van der Waals surface area contributed by atoms with Crippen LogP contribution in [0, 0.1) is 0 Å². The van der Waals surface area contributed by atoms with Crippen LogP contribution in [0.3, 0.4) is 0 Å². The summed E-state index contributed by atoms with van der Waals surface area (Å²) >= 11 is 11.9. The van der Waals surface area contributed by atoms with Crippen molar-refractivity contribution in [2.75, 3.05) is 31.6 Å². The first-order valence-corrected chi connectivity index (χ1v) is 10.2.